The molecule has 4 aliphatic carbocycles. The predicted molar refractivity (Wildman–Crippen MR) is 239 cm³/mol. The van der Waals surface area contributed by atoms with E-state index < -0.39 is 59.6 Å². The number of fused-ring (bicyclic) bond motifs is 4. The quantitative estimate of drug-likeness (QED) is 0.185. The summed E-state index contributed by atoms with van der Waals surface area (Å²) in [5.41, 5.74) is 5.11. The van der Waals surface area contributed by atoms with Crippen LogP contribution in [0.15, 0.2) is 65.8 Å². The van der Waals surface area contributed by atoms with Crippen LogP contribution in [0.3, 0.4) is 0 Å². The van der Waals surface area contributed by atoms with Crippen LogP contribution in [0.1, 0.15) is 133 Å². The van der Waals surface area contributed by atoms with E-state index in [-0.39, 0.29) is 42.8 Å². The van der Waals surface area contributed by atoms with Crippen LogP contribution in [-0.4, -0.2) is 100 Å². The third-order valence-electron chi connectivity index (χ3n) is 15.1. The highest BCUT2D eigenvalue weighted by atomic mass is 16.8. The number of hydrogen-bond acceptors (Lipinski definition) is 10. The summed E-state index contributed by atoms with van der Waals surface area (Å²) >= 11 is 0. The normalized spacial score (nSPS) is 32.0. The van der Waals surface area contributed by atoms with Crippen LogP contribution in [-0.2, 0) is 50.9 Å². The molecule has 2 N–H and O–H groups in total. The number of nitrogens with one attached hydrogen (secondary N) is 1. The fourth-order valence-electron chi connectivity index (χ4n) is 11.7. The number of likely N-dealkylation sites (tertiary alicyclic amines) is 1. The first-order valence-corrected chi connectivity index (χ1v) is 23.7. The molecule has 5 fully saturated rings. The fourth-order valence-corrected chi connectivity index (χ4v) is 11.7. The summed E-state index contributed by atoms with van der Waals surface area (Å²) < 4.78 is 31.5. The molecule has 2 saturated carbocycles. The molecule has 3 aliphatic heterocycles. The van der Waals surface area contributed by atoms with Gasteiger partial charge in [-0.15, -0.1) is 0 Å². The Morgan fingerprint density at radius 1 is 0.984 bits per heavy atom. The van der Waals surface area contributed by atoms with Gasteiger partial charge in [0.05, 0.1) is 29.9 Å². The topological polar surface area (TPSA) is 153 Å². The number of allylic oxidation sites excluding steroid dienone is 1. The molecule has 2 amide bonds. The first-order valence-electron chi connectivity index (χ1n) is 23.7. The molecule has 64 heavy (non-hydrogen) atoms. The van der Waals surface area contributed by atoms with Gasteiger partial charge in [-0.2, -0.15) is 0 Å². The number of aliphatic hydroxyl groups is 1. The average Bonchev–Trinajstić information content (AvgIpc) is 3.62. The SMILES string of the molecule is CC(C)(C)OC(=O)CC[C@@H](CO)NC(=O)[C@H]1CCCN1C(=O)C1=C[C@H]2OC3(Cc4ccccc4C3)O[C@H]2[C@H](OC(=O)c2cccc(C=C3CCC4O[C@]4(C)CC[C@@H]4[C@@H]3CC4(C)C)c2)C1. The number of epoxide rings is 1. The van der Waals surface area contributed by atoms with Gasteiger partial charge in [0, 0.05) is 37.8 Å². The Morgan fingerprint density at radius 2 is 1.75 bits per heavy atom. The number of carbonyl (C=O) groups excluding carboxylic acids is 4. The number of benzene rings is 2. The molecule has 3 saturated heterocycles. The van der Waals surface area contributed by atoms with Gasteiger partial charge in [0.15, 0.2) is 5.79 Å². The molecule has 1 spiro atoms. The molecule has 7 aliphatic rings. The Kier molecular flexibility index (Phi) is 12.0. The van der Waals surface area contributed by atoms with Crippen LogP contribution in [0.4, 0.5) is 0 Å². The van der Waals surface area contributed by atoms with Crippen molar-refractivity contribution in [2.45, 2.75) is 172 Å². The minimum atomic E-state index is -0.965. The molecule has 9 atom stereocenters. The molecule has 344 valence electrons. The van der Waals surface area contributed by atoms with E-state index in [1.54, 1.807) is 37.8 Å². The lowest BCUT2D eigenvalue weighted by atomic mass is 9.52. The summed E-state index contributed by atoms with van der Waals surface area (Å²) in [7, 11) is 0. The minimum absolute atomic E-state index is 0.00288. The van der Waals surface area contributed by atoms with E-state index in [9.17, 15) is 24.3 Å². The van der Waals surface area contributed by atoms with Crippen molar-refractivity contribution < 1.29 is 48.0 Å². The van der Waals surface area contributed by atoms with E-state index in [0.29, 0.717) is 61.3 Å². The Hall–Kier alpha value is -4.36. The molecule has 2 aromatic rings. The van der Waals surface area contributed by atoms with E-state index in [1.807, 2.05) is 30.3 Å². The number of carbonyl (C=O) groups is 4. The van der Waals surface area contributed by atoms with Gasteiger partial charge >= 0.3 is 11.9 Å². The highest BCUT2D eigenvalue weighted by Gasteiger charge is 2.57. The van der Waals surface area contributed by atoms with Crippen molar-refractivity contribution in [2.75, 3.05) is 13.2 Å². The highest BCUT2D eigenvalue weighted by molar-refractivity contribution is 5.98. The number of amides is 2. The van der Waals surface area contributed by atoms with Gasteiger partial charge in [-0.3, -0.25) is 14.4 Å². The molecule has 0 aromatic heterocycles. The highest BCUT2D eigenvalue weighted by Crippen LogP contribution is 2.60. The molecule has 1 unspecified atom stereocenters. The molecule has 9 rings (SSSR count). The van der Waals surface area contributed by atoms with Crippen LogP contribution >= 0.6 is 0 Å². The summed E-state index contributed by atoms with van der Waals surface area (Å²) in [6, 6.07) is 14.3. The lowest BCUT2D eigenvalue weighted by molar-refractivity contribution is -0.172. The maximum absolute atomic E-state index is 14.6. The van der Waals surface area contributed by atoms with Crippen molar-refractivity contribution in [2.24, 2.45) is 17.3 Å². The van der Waals surface area contributed by atoms with E-state index in [2.05, 4.69) is 44.3 Å². The van der Waals surface area contributed by atoms with Crippen molar-refractivity contribution in [3.63, 3.8) is 0 Å². The van der Waals surface area contributed by atoms with E-state index in [4.69, 9.17) is 23.7 Å². The van der Waals surface area contributed by atoms with Crippen LogP contribution in [0.25, 0.3) is 6.08 Å². The number of rotatable bonds is 10. The van der Waals surface area contributed by atoms with Crippen LogP contribution in [0, 0.1) is 17.3 Å². The van der Waals surface area contributed by atoms with Gasteiger partial charge in [0.1, 0.15) is 30.0 Å². The lowest BCUT2D eigenvalue weighted by Crippen LogP contribution is -2.51. The molecule has 0 radical (unpaired) electrons. The molecular formula is C52H66N2O10. The Balaban J connectivity index is 0.921. The molecule has 3 heterocycles. The number of nitrogens with zero attached hydrogens (tertiary/aromatic N) is 1. The maximum atomic E-state index is 14.6. The molecule has 12 heteroatoms. The standard InChI is InChI=1S/C52H66N2O10/c1-49(2,3)63-44(56)19-17-37(30-55)53-46(57)40-15-10-22-54(40)47(58)36-25-41(45-42(26-36)61-52(64-45)27-34-12-7-8-13-35(34)28-52)60-48(59)33-14-9-11-31(24-33)23-32-16-18-43-51(6,62-43)21-20-39-38(32)29-50(39,4)5/h7-9,11-14,23-24,26,37-43,45,55H,10,15-22,25,27-30H2,1-6H3,(H,53,57)/t37-,38+,39+,40+,41+,42+,43?,45-,51+/m0/s1. The Labute approximate surface area is 377 Å². The molecule has 12 nitrogen and oxygen atoms in total. The number of ether oxygens (including phenoxy) is 5. The van der Waals surface area contributed by atoms with Gasteiger partial charge in [-0.05, 0) is 131 Å². The summed E-state index contributed by atoms with van der Waals surface area (Å²) in [6.45, 7) is 12.4. The first kappa shape index (κ1) is 44.8. The number of aliphatic hydroxyl groups excluding tert-OH is 1. The summed E-state index contributed by atoms with van der Waals surface area (Å²) in [4.78, 5) is 56.5. The van der Waals surface area contributed by atoms with Gasteiger partial charge in [0.2, 0.25) is 11.8 Å². The third-order valence-corrected chi connectivity index (χ3v) is 15.1. The van der Waals surface area contributed by atoms with Gasteiger partial charge in [-0.25, -0.2) is 4.79 Å². The van der Waals surface area contributed by atoms with E-state index in [1.165, 1.54) is 5.57 Å². The maximum Gasteiger partial charge on any atom is 0.338 e. The monoisotopic (exact) mass is 878 g/mol. The van der Waals surface area contributed by atoms with Crippen molar-refractivity contribution >= 4 is 29.8 Å². The van der Waals surface area contributed by atoms with Gasteiger partial charge in [-0.1, -0.05) is 61.9 Å². The van der Waals surface area contributed by atoms with Crippen molar-refractivity contribution in [3.8, 4) is 0 Å². The van der Waals surface area contributed by atoms with Crippen molar-refractivity contribution in [1.82, 2.24) is 10.2 Å². The second-order valence-corrected chi connectivity index (χ2v) is 21.5. The first-order chi connectivity index (χ1) is 30.4. The lowest BCUT2D eigenvalue weighted by Gasteiger charge is -2.53. The van der Waals surface area contributed by atoms with Gasteiger partial charge in [0.25, 0.3) is 0 Å². The third kappa shape index (κ3) is 9.22. The van der Waals surface area contributed by atoms with Crippen LogP contribution in [0.5, 0.6) is 0 Å². The van der Waals surface area contributed by atoms with E-state index >= 15 is 0 Å². The van der Waals surface area contributed by atoms with E-state index in [0.717, 1.165) is 48.8 Å². The second-order valence-electron chi connectivity index (χ2n) is 21.5. The molecule has 0 bridgehead atoms. The molecular weight excluding hydrogens is 813 g/mol. The van der Waals surface area contributed by atoms with Gasteiger partial charge < -0.3 is 39.0 Å². The van der Waals surface area contributed by atoms with Crippen molar-refractivity contribution in [3.05, 3.63) is 88.0 Å². The number of esters is 2. The zero-order valence-electron chi connectivity index (χ0n) is 38.4. The smallest absolute Gasteiger partial charge is 0.338 e. The predicted octanol–water partition coefficient (Wildman–Crippen LogP) is 7.19. The largest absolute Gasteiger partial charge is 0.460 e. The van der Waals surface area contributed by atoms with Crippen molar-refractivity contribution in [1.29, 1.82) is 0 Å². The zero-order chi connectivity index (χ0) is 45.2. The Morgan fingerprint density at radius 3 is 2.47 bits per heavy atom. The summed E-state index contributed by atoms with van der Waals surface area (Å²) in [5.74, 6) is -1.50. The van der Waals surface area contributed by atoms with Crippen LogP contribution < -0.4 is 5.32 Å². The Bertz CT molecular complexity index is 2200. The number of hydrogen-bond donors (Lipinski definition) is 2. The average molecular weight is 879 g/mol. The second kappa shape index (κ2) is 17.1. The zero-order valence-corrected chi connectivity index (χ0v) is 38.4. The molecule has 2 aromatic carbocycles. The summed E-state index contributed by atoms with van der Waals surface area (Å²) in [5, 5.41) is 13.0. The fraction of sp³-hybridized carbons (Fsp3) is 0.615. The summed E-state index contributed by atoms with van der Waals surface area (Å²) in [6.07, 6.45) is 10.0. The van der Waals surface area contributed by atoms with Crippen LogP contribution in [0.2, 0.25) is 0 Å². The minimum Gasteiger partial charge on any atom is -0.460 e.